The van der Waals surface area contributed by atoms with E-state index in [-0.39, 0.29) is 23.6 Å². The largest absolute Gasteiger partial charge is 0.467 e. The highest BCUT2D eigenvalue weighted by Crippen LogP contribution is 2.42. The number of rotatable bonds is 8. The average Bonchev–Trinajstić information content (AvgIpc) is 2.77. The molecular formula is C26H30FN3O2Si. The molecule has 5 nitrogen and oxygen atoms in total. The molecule has 3 aromatic rings. The van der Waals surface area contributed by atoms with Gasteiger partial charge in [-0.25, -0.2) is 4.39 Å². The van der Waals surface area contributed by atoms with Gasteiger partial charge < -0.3 is 15.2 Å². The van der Waals surface area contributed by atoms with E-state index in [1.165, 1.54) is 6.07 Å². The lowest BCUT2D eigenvalue weighted by Crippen LogP contribution is -2.22. The van der Waals surface area contributed by atoms with Gasteiger partial charge in [0, 0.05) is 38.2 Å². The molecule has 2 N–H and O–H groups in total. The van der Waals surface area contributed by atoms with E-state index in [1.807, 2.05) is 26.0 Å². The van der Waals surface area contributed by atoms with Crippen molar-refractivity contribution < 1.29 is 13.9 Å². The molecule has 1 heterocycles. The van der Waals surface area contributed by atoms with Crippen molar-refractivity contribution >= 4 is 13.8 Å². The Morgan fingerprint density at radius 1 is 1.09 bits per heavy atom. The Balaban J connectivity index is 2.02. The summed E-state index contributed by atoms with van der Waals surface area (Å²) in [6.45, 7) is 11.4. The van der Waals surface area contributed by atoms with E-state index in [0.717, 1.165) is 17.2 Å². The molecule has 2 aromatic carbocycles. The van der Waals surface area contributed by atoms with Gasteiger partial charge in [-0.15, -0.1) is 0 Å². The molecule has 33 heavy (non-hydrogen) atoms. The highest BCUT2D eigenvalue weighted by Gasteiger charge is 2.23. The standard InChI is InChI=1S/C26H30FN3O2Si/c1-17-6-7-22(32-16-31-12-13-33(3,4)5)18(2)23(17)24-25(27)21(14-20(15-28)26(24)29)19-8-10-30-11-9-19/h6-11,14H,12-13,16,29H2,1-5H3. The number of hydrogen-bond donors (Lipinski definition) is 1. The molecule has 0 radical (unpaired) electrons. The van der Waals surface area contributed by atoms with Gasteiger partial charge >= 0.3 is 0 Å². The summed E-state index contributed by atoms with van der Waals surface area (Å²) in [5.74, 6) is 0.114. The normalized spacial score (nSPS) is 11.3. The van der Waals surface area contributed by atoms with Crippen molar-refractivity contribution in [3.8, 4) is 34.1 Å². The lowest BCUT2D eigenvalue weighted by atomic mass is 9.89. The zero-order valence-electron chi connectivity index (χ0n) is 19.8. The van der Waals surface area contributed by atoms with Crippen LogP contribution < -0.4 is 10.5 Å². The zero-order chi connectivity index (χ0) is 24.2. The number of hydrogen-bond acceptors (Lipinski definition) is 5. The highest BCUT2D eigenvalue weighted by atomic mass is 28.3. The number of nitriles is 1. The number of aromatic nitrogens is 1. The monoisotopic (exact) mass is 463 g/mol. The summed E-state index contributed by atoms with van der Waals surface area (Å²) in [7, 11) is -1.18. The van der Waals surface area contributed by atoms with Crippen LogP contribution in [0.15, 0.2) is 42.7 Å². The van der Waals surface area contributed by atoms with Crippen LogP contribution in [-0.4, -0.2) is 26.5 Å². The smallest absolute Gasteiger partial charge is 0.189 e. The summed E-state index contributed by atoms with van der Waals surface area (Å²) >= 11 is 0. The zero-order valence-corrected chi connectivity index (χ0v) is 20.8. The summed E-state index contributed by atoms with van der Waals surface area (Å²) in [6.07, 6.45) is 3.17. The molecule has 0 aliphatic rings. The van der Waals surface area contributed by atoms with Crippen LogP contribution in [0.25, 0.3) is 22.3 Å². The number of nitrogens with two attached hydrogens (primary N) is 1. The summed E-state index contributed by atoms with van der Waals surface area (Å²) < 4.78 is 27.5. The number of nitrogen functional groups attached to an aromatic ring is 1. The summed E-state index contributed by atoms with van der Waals surface area (Å²) in [6, 6.07) is 11.8. The summed E-state index contributed by atoms with van der Waals surface area (Å²) in [5, 5.41) is 9.67. The van der Waals surface area contributed by atoms with Crippen molar-refractivity contribution in [1.29, 1.82) is 5.26 Å². The molecule has 0 spiro atoms. The van der Waals surface area contributed by atoms with Crippen molar-refractivity contribution in [2.24, 2.45) is 0 Å². The van der Waals surface area contributed by atoms with Crippen LogP contribution in [0, 0.1) is 31.0 Å². The second kappa shape index (κ2) is 10.2. The number of benzene rings is 2. The van der Waals surface area contributed by atoms with Gasteiger partial charge in [-0.1, -0.05) is 25.7 Å². The van der Waals surface area contributed by atoms with Crippen LogP contribution >= 0.6 is 0 Å². The van der Waals surface area contributed by atoms with Gasteiger partial charge in [-0.3, -0.25) is 4.98 Å². The Morgan fingerprint density at radius 2 is 1.79 bits per heavy atom. The number of halogens is 1. The first-order valence-electron chi connectivity index (χ1n) is 10.9. The Labute approximate surface area is 196 Å². The summed E-state index contributed by atoms with van der Waals surface area (Å²) in [4.78, 5) is 4.00. The molecule has 7 heteroatoms. The van der Waals surface area contributed by atoms with Crippen molar-refractivity contribution in [3.05, 3.63) is 65.2 Å². The van der Waals surface area contributed by atoms with Gasteiger partial charge in [0.25, 0.3) is 0 Å². The van der Waals surface area contributed by atoms with Crippen LogP contribution in [-0.2, 0) is 4.74 Å². The molecule has 172 valence electrons. The van der Waals surface area contributed by atoms with Gasteiger partial charge in [-0.05, 0) is 66.4 Å². The maximum Gasteiger partial charge on any atom is 0.189 e. The van der Waals surface area contributed by atoms with E-state index in [4.69, 9.17) is 15.2 Å². The minimum Gasteiger partial charge on any atom is -0.467 e. The molecule has 0 amide bonds. The summed E-state index contributed by atoms with van der Waals surface area (Å²) in [5.41, 5.74) is 9.97. The molecule has 1 aromatic heterocycles. The predicted molar refractivity (Wildman–Crippen MR) is 133 cm³/mol. The first-order valence-corrected chi connectivity index (χ1v) is 14.6. The number of ether oxygens (including phenoxy) is 2. The lowest BCUT2D eigenvalue weighted by molar-refractivity contribution is 0.0217. The molecule has 3 rings (SSSR count). The first kappa shape index (κ1) is 24.4. The number of aryl methyl sites for hydroxylation is 1. The fourth-order valence-electron chi connectivity index (χ4n) is 3.66. The first-order chi connectivity index (χ1) is 15.6. The molecular weight excluding hydrogens is 433 g/mol. The van der Waals surface area contributed by atoms with Crippen LogP contribution in [0.2, 0.25) is 25.7 Å². The third-order valence-corrected chi connectivity index (χ3v) is 7.29. The van der Waals surface area contributed by atoms with Gasteiger partial charge in [0.05, 0.1) is 11.3 Å². The molecule has 0 unspecified atom stereocenters. The van der Waals surface area contributed by atoms with Gasteiger partial charge in [0.1, 0.15) is 17.6 Å². The second-order valence-electron chi connectivity index (χ2n) is 9.28. The van der Waals surface area contributed by atoms with Crippen molar-refractivity contribution in [2.45, 2.75) is 39.5 Å². The Kier molecular flexibility index (Phi) is 7.52. The second-order valence-corrected chi connectivity index (χ2v) is 14.9. The minimum absolute atomic E-state index is 0.113. The molecule has 0 saturated heterocycles. The maximum absolute atomic E-state index is 15.9. The third kappa shape index (κ3) is 5.59. The molecule has 0 fully saturated rings. The molecule has 0 aliphatic carbocycles. The van der Waals surface area contributed by atoms with Gasteiger partial charge in [0.2, 0.25) is 0 Å². The molecule has 0 aliphatic heterocycles. The topological polar surface area (TPSA) is 81.2 Å². The third-order valence-electron chi connectivity index (χ3n) is 5.58. The Hall–Kier alpha value is -3.21. The molecule has 0 bridgehead atoms. The SMILES string of the molecule is Cc1ccc(OCOCC[Si](C)(C)C)c(C)c1-c1c(N)c(C#N)cc(-c2ccncc2)c1F. The van der Waals surface area contributed by atoms with E-state index in [9.17, 15) is 5.26 Å². The van der Waals surface area contributed by atoms with Gasteiger partial charge in [0.15, 0.2) is 6.79 Å². The molecule has 0 saturated carbocycles. The Morgan fingerprint density at radius 3 is 2.42 bits per heavy atom. The lowest BCUT2D eigenvalue weighted by Gasteiger charge is -2.20. The van der Waals surface area contributed by atoms with Crippen LogP contribution in [0.3, 0.4) is 0 Å². The maximum atomic E-state index is 15.9. The number of nitrogens with zero attached hydrogens (tertiary/aromatic N) is 2. The average molecular weight is 464 g/mol. The highest BCUT2D eigenvalue weighted by molar-refractivity contribution is 6.76. The van der Waals surface area contributed by atoms with Crippen molar-refractivity contribution in [1.82, 2.24) is 4.98 Å². The molecule has 0 atom stereocenters. The minimum atomic E-state index is -1.18. The van der Waals surface area contributed by atoms with Crippen LogP contribution in [0.4, 0.5) is 10.1 Å². The van der Waals surface area contributed by atoms with Crippen LogP contribution in [0.5, 0.6) is 5.75 Å². The van der Waals surface area contributed by atoms with Crippen molar-refractivity contribution in [3.63, 3.8) is 0 Å². The van der Waals surface area contributed by atoms with E-state index < -0.39 is 13.9 Å². The fourth-order valence-corrected chi connectivity index (χ4v) is 4.42. The van der Waals surface area contributed by atoms with E-state index >= 15 is 4.39 Å². The van der Waals surface area contributed by atoms with E-state index in [1.54, 1.807) is 24.5 Å². The van der Waals surface area contributed by atoms with E-state index in [0.29, 0.717) is 29.0 Å². The van der Waals surface area contributed by atoms with Gasteiger partial charge in [-0.2, -0.15) is 5.26 Å². The fraction of sp³-hybridized carbons (Fsp3) is 0.308. The Bertz CT molecular complexity index is 1190. The van der Waals surface area contributed by atoms with Crippen molar-refractivity contribution in [2.75, 3.05) is 19.1 Å². The quantitative estimate of drug-likeness (QED) is 0.183. The number of anilines is 1. The van der Waals surface area contributed by atoms with Crippen LogP contribution in [0.1, 0.15) is 16.7 Å². The van der Waals surface area contributed by atoms with E-state index in [2.05, 4.69) is 30.7 Å². The number of pyridine rings is 1. The predicted octanol–water partition coefficient (Wildman–Crippen LogP) is 6.32.